The summed E-state index contributed by atoms with van der Waals surface area (Å²) in [5, 5.41) is 9.23. The maximum absolute atomic E-state index is 11.3. The fourth-order valence-electron chi connectivity index (χ4n) is 0.161. The predicted molar refractivity (Wildman–Crippen MR) is 16.6 cm³/mol. The van der Waals surface area contributed by atoms with E-state index in [0.717, 1.165) is 0 Å². The van der Waals surface area contributed by atoms with Crippen LogP contribution in [0.5, 0.6) is 0 Å². The topological polar surface area (TPSA) is 19.9 Å². The minimum absolute atomic E-state index is 6.38. The van der Waals surface area contributed by atoms with Crippen LogP contribution in [0.4, 0.5) is 30.7 Å². The first kappa shape index (κ1) is 10.5. The first-order chi connectivity index (χ1) is 4.50. The molecule has 0 N–H and O–H groups in total. The van der Waals surface area contributed by atoms with Crippen molar-refractivity contribution < 1.29 is 35.8 Å². The Hall–Kier alpha value is -0.530. The van der Waals surface area contributed by atoms with Crippen LogP contribution in [0, 0.1) is 0 Å². The number of hydrogen-bond donors (Lipinski definition) is 0. The van der Waals surface area contributed by atoms with Crippen LogP contribution in [0.2, 0.25) is 0 Å². The standard InChI is InChI=1S/C3F7O/c4-1(11,2(5,6)7)3(8,9)10. The van der Waals surface area contributed by atoms with Crippen molar-refractivity contribution in [1.82, 2.24) is 0 Å². The summed E-state index contributed by atoms with van der Waals surface area (Å²) < 4.78 is 76.8. The molecule has 0 aliphatic carbocycles. The van der Waals surface area contributed by atoms with Crippen molar-refractivity contribution in [3.05, 3.63) is 0 Å². The second-order valence-corrected chi connectivity index (χ2v) is 1.59. The Morgan fingerprint density at radius 2 is 0.818 bits per heavy atom. The summed E-state index contributed by atoms with van der Waals surface area (Å²) in [6.07, 6.45) is -12.9. The van der Waals surface area contributed by atoms with Gasteiger partial charge in [0.1, 0.15) is 0 Å². The fourth-order valence-corrected chi connectivity index (χ4v) is 0.161. The molecule has 0 aliphatic rings. The van der Waals surface area contributed by atoms with E-state index < -0.39 is 18.2 Å². The minimum Gasteiger partial charge on any atom is -0.188 e. The first-order valence-electron chi connectivity index (χ1n) is 2.03. The number of rotatable bonds is 0. The highest BCUT2D eigenvalue weighted by atomic mass is 19.4. The van der Waals surface area contributed by atoms with Crippen LogP contribution in [-0.4, -0.2) is 18.2 Å². The molecule has 11 heavy (non-hydrogen) atoms. The first-order valence-corrected chi connectivity index (χ1v) is 2.03. The third-order valence-corrected chi connectivity index (χ3v) is 0.729. The summed E-state index contributed by atoms with van der Waals surface area (Å²) in [6, 6.07) is 0. The molecule has 0 heterocycles. The molecule has 0 amide bonds. The Kier molecular flexibility index (Phi) is 2.12. The molecule has 1 nitrogen and oxygen atoms in total. The Bertz CT molecular complexity index is 125. The molecule has 0 unspecified atom stereocenters. The molecule has 0 aromatic carbocycles. The predicted octanol–water partition coefficient (Wildman–Crippen LogP) is 2.21. The number of hydrogen-bond acceptors (Lipinski definition) is 0. The number of halogens is 7. The van der Waals surface area contributed by atoms with Gasteiger partial charge in [-0.3, -0.25) is 0 Å². The Morgan fingerprint density at radius 1 is 0.636 bits per heavy atom. The molecule has 0 aromatic heterocycles. The van der Waals surface area contributed by atoms with E-state index in [0.29, 0.717) is 0 Å². The zero-order valence-corrected chi connectivity index (χ0v) is 4.55. The van der Waals surface area contributed by atoms with Crippen LogP contribution in [0.1, 0.15) is 0 Å². The van der Waals surface area contributed by atoms with Gasteiger partial charge in [0.2, 0.25) is 0 Å². The van der Waals surface area contributed by atoms with Gasteiger partial charge in [-0.1, -0.05) is 0 Å². The van der Waals surface area contributed by atoms with Crippen molar-refractivity contribution in [2.75, 3.05) is 0 Å². The normalized spacial score (nSPS) is 15.3. The highest BCUT2D eigenvalue weighted by Gasteiger charge is 2.74. The van der Waals surface area contributed by atoms with Gasteiger partial charge in [-0.2, -0.15) is 35.8 Å². The smallest absolute Gasteiger partial charge is 0.188 e. The summed E-state index contributed by atoms with van der Waals surface area (Å²) in [7, 11) is 0. The van der Waals surface area contributed by atoms with Gasteiger partial charge in [0.05, 0.1) is 0 Å². The highest BCUT2D eigenvalue weighted by molar-refractivity contribution is 4.82. The van der Waals surface area contributed by atoms with Gasteiger partial charge in [0, 0.05) is 0 Å². The zero-order chi connectivity index (χ0) is 9.50. The molecular formula is C3F7O. The van der Waals surface area contributed by atoms with Crippen LogP contribution in [-0.2, 0) is 5.11 Å². The van der Waals surface area contributed by atoms with E-state index in [1.165, 1.54) is 0 Å². The zero-order valence-electron chi connectivity index (χ0n) is 4.55. The van der Waals surface area contributed by atoms with Crippen LogP contribution >= 0.6 is 0 Å². The third kappa shape index (κ3) is 1.73. The Balaban J connectivity index is 4.75. The summed E-state index contributed by atoms with van der Waals surface area (Å²) in [6.45, 7) is 0. The van der Waals surface area contributed by atoms with Crippen LogP contribution in [0.3, 0.4) is 0 Å². The lowest BCUT2D eigenvalue weighted by Gasteiger charge is -2.21. The van der Waals surface area contributed by atoms with E-state index in [9.17, 15) is 35.8 Å². The Labute approximate surface area is 55.4 Å². The van der Waals surface area contributed by atoms with E-state index in [-0.39, 0.29) is 0 Å². The monoisotopic (exact) mass is 185 g/mol. The summed E-state index contributed by atoms with van der Waals surface area (Å²) in [5.74, 6) is -6.38. The van der Waals surface area contributed by atoms with E-state index in [4.69, 9.17) is 0 Å². The molecule has 0 fully saturated rings. The largest absolute Gasteiger partial charge is 0.461 e. The second-order valence-electron chi connectivity index (χ2n) is 1.59. The van der Waals surface area contributed by atoms with E-state index in [1.807, 2.05) is 0 Å². The molecule has 0 saturated heterocycles. The molecule has 1 radical (unpaired) electrons. The lowest BCUT2D eigenvalue weighted by molar-refractivity contribution is -0.436. The van der Waals surface area contributed by atoms with Gasteiger partial charge in [-0.05, 0) is 0 Å². The van der Waals surface area contributed by atoms with Gasteiger partial charge in [-0.15, -0.1) is 0 Å². The third-order valence-electron chi connectivity index (χ3n) is 0.729. The van der Waals surface area contributed by atoms with Gasteiger partial charge in [0.25, 0.3) is 0 Å². The molecule has 0 spiro atoms. The molecule has 0 aromatic rings. The average molecular weight is 185 g/mol. The highest BCUT2D eigenvalue weighted by Crippen LogP contribution is 2.44. The van der Waals surface area contributed by atoms with E-state index >= 15 is 0 Å². The van der Waals surface area contributed by atoms with Gasteiger partial charge < -0.3 is 0 Å². The average Bonchev–Trinajstić information content (AvgIpc) is 1.58. The lowest BCUT2D eigenvalue weighted by Crippen LogP contribution is -2.51. The molecule has 0 rings (SSSR count). The van der Waals surface area contributed by atoms with Gasteiger partial charge in [-0.25, -0.2) is 0 Å². The fraction of sp³-hybridized carbons (Fsp3) is 1.00. The maximum Gasteiger partial charge on any atom is 0.461 e. The van der Waals surface area contributed by atoms with Crippen molar-refractivity contribution in [2.24, 2.45) is 0 Å². The van der Waals surface area contributed by atoms with Crippen molar-refractivity contribution in [3.63, 3.8) is 0 Å². The van der Waals surface area contributed by atoms with Crippen molar-refractivity contribution >= 4 is 0 Å². The molecule has 0 aliphatic heterocycles. The summed E-state index contributed by atoms with van der Waals surface area (Å²) in [4.78, 5) is 0. The molecule has 0 saturated carbocycles. The van der Waals surface area contributed by atoms with Crippen molar-refractivity contribution in [1.29, 1.82) is 0 Å². The molecule has 8 heteroatoms. The van der Waals surface area contributed by atoms with Gasteiger partial charge in [0.15, 0.2) is 0 Å². The summed E-state index contributed by atoms with van der Waals surface area (Å²) >= 11 is 0. The van der Waals surface area contributed by atoms with E-state index in [1.54, 1.807) is 0 Å². The quantitative estimate of drug-likeness (QED) is 0.515. The summed E-state index contributed by atoms with van der Waals surface area (Å²) in [5.41, 5.74) is 0. The maximum atomic E-state index is 11.3. The Morgan fingerprint density at radius 3 is 0.818 bits per heavy atom. The number of alkyl halides is 7. The molecular weight excluding hydrogens is 185 g/mol. The van der Waals surface area contributed by atoms with E-state index in [2.05, 4.69) is 0 Å². The molecule has 0 atom stereocenters. The van der Waals surface area contributed by atoms with Crippen LogP contribution < -0.4 is 0 Å². The molecule has 67 valence electrons. The van der Waals surface area contributed by atoms with Crippen molar-refractivity contribution in [2.45, 2.75) is 18.2 Å². The van der Waals surface area contributed by atoms with Crippen LogP contribution in [0.25, 0.3) is 0 Å². The van der Waals surface area contributed by atoms with Gasteiger partial charge >= 0.3 is 18.2 Å². The SMILES string of the molecule is [O]C(F)(C(F)(F)F)C(F)(F)F. The van der Waals surface area contributed by atoms with Crippen molar-refractivity contribution in [3.8, 4) is 0 Å². The lowest BCUT2D eigenvalue weighted by atomic mass is 10.3. The molecule has 0 bridgehead atoms. The second kappa shape index (κ2) is 2.23. The minimum atomic E-state index is -6.47. The van der Waals surface area contributed by atoms with Crippen LogP contribution in [0.15, 0.2) is 0 Å².